The smallest absolute Gasteiger partial charge is 0.122 e. The van der Waals surface area contributed by atoms with Gasteiger partial charge in [0.2, 0.25) is 0 Å². The molecule has 1 atom stereocenters. The lowest BCUT2D eigenvalue weighted by molar-refractivity contribution is 0.393. The molecule has 0 spiro atoms. The fourth-order valence-corrected chi connectivity index (χ4v) is 2.70. The predicted octanol–water partition coefficient (Wildman–Crippen LogP) is 3.50. The van der Waals surface area contributed by atoms with Gasteiger partial charge < -0.3 is 9.47 Å². The van der Waals surface area contributed by atoms with E-state index >= 15 is 0 Å². The second-order valence-corrected chi connectivity index (χ2v) is 10.5. The molecule has 0 saturated carbocycles. The predicted molar refractivity (Wildman–Crippen MR) is 71.0 cm³/mol. The lowest BCUT2D eigenvalue weighted by Gasteiger charge is -2.26. The molecular formula is C13H21O2Si. The molecule has 0 fully saturated rings. The minimum atomic E-state index is -1.30. The maximum atomic E-state index is 5.27. The fourth-order valence-electron chi connectivity index (χ4n) is 1.53. The van der Waals surface area contributed by atoms with Crippen molar-refractivity contribution < 1.29 is 9.47 Å². The Hall–Kier alpha value is -0.963. The molecule has 89 valence electrons. The van der Waals surface area contributed by atoms with Gasteiger partial charge in [0.1, 0.15) is 11.5 Å². The first kappa shape index (κ1) is 13.1. The van der Waals surface area contributed by atoms with Crippen LogP contribution in [0.4, 0.5) is 0 Å². The highest BCUT2D eigenvalue weighted by atomic mass is 28.3. The van der Waals surface area contributed by atoms with E-state index in [-0.39, 0.29) is 0 Å². The van der Waals surface area contributed by atoms with Gasteiger partial charge in [0, 0.05) is 6.07 Å². The molecule has 0 heterocycles. The monoisotopic (exact) mass is 237 g/mol. The van der Waals surface area contributed by atoms with Crippen LogP contribution >= 0.6 is 0 Å². The maximum Gasteiger partial charge on any atom is 0.122 e. The van der Waals surface area contributed by atoms with Crippen LogP contribution < -0.4 is 9.47 Å². The Balaban J connectivity index is 3.13. The average Bonchev–Trinajstić information content (AvgIpc) is 2.26. The highest BCUT2D eigenvalue weighted by molar-refractivity contribution is 6.77. The molecule has 0 bridgehead atoms. The molecule has 1 aromatic rings. The van der Waals surface area contributed by atoms with E-state index in [1.165, 1.54) is 5.56 Å². The Morgan fingerprint density at radius 2 is 1.44 bits per heavy atom. The Bertz CT molecular complexity index is 333. The summed E-state index contributed by atoms with van der Waals surface area (Å²) in [6, 6.07) is 6.00. The largest absolute Gasteiger partial charge is 0.497 e. The van der Waals surface area contributed by atoms with E-state index in [1.54, 1.807) is 14.2 Å². The van der Waals surface area contributed by atoms with Gasteiger partial charge in [-0.25, -0.2) is 0 Å². The molecule has 3 heteroatoms. The molecule has 0 aliphatic carbocycles. The summed E-state index contributed by atoms with van der Waals surface area (Å²) >= 11 is 0. The molecule has 1 radical (unpaired) electrons. The Morgan fingerprint density at radius 3 is 1.75 bits per heavy atom. The molecule has 0 aromatic heterocycles. The molecule has 1 unspecified atom stereocenters. The van der Waals surface area contributed by atoms with Gasteiger partial charge in [-0.1, -0.05) is 19.6 Å². The summed E-state index contributed by atoms with van der Waals surface area (Å²) in [7, 11) is 2.05. The zero-order chi connectivity index (χ0) is 12.3. The number of ether oxygens (including phenoxy) is 2. The molecule has 16 heavy (non-hydrogen) atoms. The van der Waals surface area contributed by atoms with E-state index in [2.05, 4.69) is 38.7 Å². The van der Waals surface area contributed by atoms with Crippen molar-refractivity contribution in [1.82, 2.24) is 0 Å². The van der Waals surface area contributed by atoms with Gasteiger partial charge in [-0.2, -0.15) is 0 Å². The summed E-state index contributed by atoms with van der Waals surface area (Å²) in [6.45, 7) is 11.2. The summed E-state index contributed by atoms with van der Waals surface area (Å²) in [5.74, 6) is 1.67. The van der Waals surface area contributed by atoms with E-state index in [1.807, 2.05) is 6.07 Å². The highest BCUT2D eigenvalue weighted by Crippen LogP contribution is 2.32. The number of methoxy groups -OCH3 is 2. The van der Waals surface area contributed by atoms with Crippen LogP contribution in [0.15, 0.2) is 18.2 Å². The Morgan fingerprint density at radius 1 is 1.00 bits per heavy atom. The molecule has 1 aromatic carbocycles. The third-order valence-corrected chi connectivity index (χ3v) is 5.25. The minimum Gasteiger partial charge on any atom is -0.497 e. The van der Waals surface area contributed by atoms with Crippen LogP contribution in [0.25, 0.3) is 0 Å². The van der Waals surface area contributed by atoms with Crippen LogP contribution in [0.1, 0.15) is 11.1 Å². The topological polar surface area (TPSA) is 18.5 Å². The van der Waals surface area contributed by atoms with Crippen LogP contribution in [0.2, 0.25) is 19.6 Å². The molecular weight excluding hydrogens is 216 g/mol. The first-order chi connectivity index (χ1) is 7.38. The van der Waals surface area contributed by atoms with Crippen LogP contribution in [-0.4, -0.2) is 22.3 Å². The van der Waals surface area contributed by atoms with Crippen molar-refractivity contribution in [3.63, 3.8) is 0 Å². The van der Waals surface area contributed by atoms with Crippen molar-refractivity contribution in [2.45, 2.75) is 25.2 Å². The molecule has 0 amide bonds. The van der Waals surface area contributed by atoms with Gasteiger partial charge in [-0.15, -0.1) is 0 Å². The van der Waals surface area contributed by atoms with Gasteiger partial charge in [0.05, 0.1) is 22.3 Å². The molecule has 0 aliphatic heterocycles. The molecule has 0 aliphatic rings. The SMILES string of the molecule is [CH2]C(c1cc(OC)cc(OC)c1)[Si](C)(C)C. The fraction of sp³-hybridized carbons (Fsp3) is 0.462. The van der Waals surface area contributed by atoms with Crippen LogP contribution in [0, 0.1) is 6.92 Å². The first-order valence-electron chi connectivity index (χ1n) is 5.44. The number of rotatable bonds is 4. The van der Waals surface area contributed by atoms with Crippen molar-refractivity contribution in [2.24, 2.45) is 0 Å². The number of benzene rings is 1. The summed E-state index contributed by atoms with van der Waals surface area (Å²) in [5, 5.41) is 0. The van der Waals surface area contributed by atoms with Gasteiger partial charge in [-0.05, 0) is 30.2 Å². The molecule has 1 rings (SSSR count). The van der Waals surface area contributed by atoms with Gasteiger partial charge in [0.25, 0.3) is 0 Å². The third-order valence-electron chi connectivity index (χ3n) is 2.82. The van der Waals surface area contributed by atoms with Crippen LogP contribution in [0.5, 0.6) is 11.5 Å². The quantitative estimate of drug-likeness (QED) is 0.746. The van der Waals surface area contributed by atoms with Crippen LogP contribution in [-0.2, 0) is 0 Å². The summed E-state index contributed by atoms with van der Waals surface area (Å²) in [5.41, 5.74) is 1.55. The second kappa shape index (κ2) is 4.91. The summed E-state index contributed by atoms with van der Waals surface area (Å²) < 4.78 is 10.5. The van der Waals surface area contributed by atoms with E-state index in [4.69, 9.17) is 9.47 Å². The van der Waals surface area contributed by atoms with Gasteiger partial charge in [0.15, 0.2) is 0 Å². The van der Waals surface area contributed by atoms with Crippen LogP contribution in [0.3, 0.4) is 0 Å². The van der Waals surface area contributed by atoms with Crippen molar-refractivity contribution in [1.29, 1.82) is 0 Å². The lowest BCUT2D eigenvalue weighted by atomic mass is 10.1. The second-order valence-electron chi connectivity index (χ2n) is 5.06. The van der Waals surface area contributed by atoms with Crippen molar-refractivity contribution in [3.05, 3.63) is 30.7 Å². The number of hydrogen-bond acceptors (Lipinski definition) is 2. The zero-order valence-electron chi connectivity index (χ0n) is 10.8. The Kier molecular flexibility index (Phi) is 4.02. The maximum absolute atomic E-state index is 5.27. The first-order valence-corrected chi connectivity index (χ1v) is 9.02. The van der Waals surface area contributed by atoms with E-state index in [9.17, 15) is 0 Å². The molecule has 0 N–H and O–H groups in total. The standard InChI is InChI=1S/C13H21O2Si/c1-10(16(4,5)6)11-7-12(14-2)9-13(8-11)15-3/h7-10H,1H2,2-6H3. The van der Waals surface area contributed by atoms with Crippen molar-refractivity contribution >= 4 is 8.07 Å². The summed E-state index contributed by atoms with van der Waals surface area (Å²) in [4.78, 5) is 0. The highest BCUT2D eigenvalue weighted by Gasteiger charge is 2.24. The van der Waals surface area contributed by atoms with E-state index in [0.717, 1.165) is 11.5 Å². The van der Waals surface area contributed by atoms with E-state index in [0.29, 0.717) is 5.54 Å². The minimum absolute atomic E-state index is 0.344. The van der Waals surface area contributed by atoms with E-state index < -0.39 is 8.07 Å². The normalized spacial score (nSPS) is 13.4. The average molecular weight is 237 g/mol. The van der Waals surface area contributed by atoms with Crippen molar-refractivity contribution in [3.8, 4) is 11.5 Å². The number of hydrogen-bond donors (Lipinski definition) is 0. The van der Waals surface area contributed by atoms with Crippen molar-refractivity contribution in [2.75, 3.05) is 14.2 Å². The molecule has 2 nitrogen and oxygen atoms in total. The van der Waals surface area contributed by atoms with Gasteiger partial charge >= 0.3 is 0 Å². The lowest BCUT2D eigenvalue weighted by Crippen LogP contribution is -2.29. The van der Waals surface area contributed by atoms with Gasteiger partial charge in [-0.3, -0.25) is 0 Å². The molecule has 0 saturated heterocycles. The zero-order valence-corrected chi connectivity index (χ0v) is 11.8. The Labute approximate surface area is 99.6 Å². The third kappa shape index (κ3) is 3.01. The summed E-state index contributed by atoms with van der Waals surface area (Å²) in [6.07, 6.45) is 0.